The zero-order chi connectivity index (χ0) is 17.2. The number of aromatic nitrogens is 1. The molecule has 0 bridgehead atoms. The van der Waals surface area contributed by atoms with E-state index >= 15 is 0 Å². The van der Waals surface area contributed by atoms with Gasteiger partial charge in [0.15, 0.2) is 0 Å². The second-order valence-corrected chi connectivity index (χ2v) is 5.33. The van der Waals surface area contributed by atoms with Gasteiger partial charge in [-0.2, -0.15) is 13.2 Å². The van der Waals surface area contributed by atoms with Crippen LogP contribution in [0, 0.1) is 0 Å². The maximum atomic E-state index is 12.7. The third kappa shape index (κ3) is 3.53. The van der Waals surface area contributed by atoms with Crippen molar-refractivity contribution in [3.63, 3.8) is 0 Å². The molecule has 0 saturated carbocycles. The summed E-state index contributed by atoms with van der Waals surface area (Å²) in [6, 6.07) is 11.9. The summed E-state index contributed by atoms with van der Waals surface area (Å²) in [5.74, 6) is -0.376. The number of pyridine rings is 1. The molecule has 0 fully saturated rings. The zero-order valence-corrected chi connectivity index (χ0v) is 12.5. The van der Waals surface area contributed by atoms with Gasteiger partial charge in [0.2, 0.25) is 5.91 Å². The fraction of sp³-hybridized carbons (Fsp3) is 0.111. The Morgan fingerprint density at radius 3 is 2.67 bits per heavy atom. The Bertz CT molecular complexity index is 885. The van der Waals surface area contributed by atoms with Gasteiger partial charge in [-0.1, -0.05) is 30.3 Å². The normalized spacial score (nSPS) is 11.5. The first-order valence-electron chi connectivity index (χ1n) is 7.22. The summed E-state index contributed by atoms with van der Waals surface area (Å²) in [7, 11) is 0. The quantitative estimate of drug-likeness (QED) is 0.772. The van der Waals surface area contributed by atoms with Gasteiger partial charge in [0.1, 0.15) is 0 Å². The number of anilines is 1. The van der Waals surface area contributed by atoms with Crippen LogP contribution in [0.15, 0.2) is 60.9 Å². The van der Waals surface area contributed by atoms with E-state index in [1.54, 1.807) is 30.6 Å². The first kappa shape index (κ1) is 16.0. The van der Waals surface area contributed by atoms with E-state index in [0.29, 0.717) is 11.3 Å². The highest BCUT2D eigenvalue weighted by atomic mass is 19.4. The summed E-state index contributed by atoms with van der Waals surface area (Å²) in [6.45, 7) is 0. The van der Waals surface area contributed by atoms with Crippen molar-refractivity contribution in [1.82, 2.24) is 4.98 Å². The van der Waals surface area contributed by atoms with E-state index in [0.717, 1.165) is 22.9 Å². The molecule has 2 aromatic carbocycles. The predicted molar refractivity (Wildman–Crippen MR) is 85.5 cm³/mol. The Labute approximate surface area is 136 Å². The molecular weight excluding hydrogens is 317 g/mol. The van der Waals surface area contributed by atoms with Gasteiger partial charge in [0.25, 0.3) is 0 Å². The number of halogens is 3. The van der Waals surface area contributed by atoms with Crippen LogP contribution in [-0.4, -0.2) is 10.9 Å². The monoisotopic (exact) mass is 330 g/mol. The van der Waals surface area contributed by atoms with Crippen molar-refractivity contribution in [2.24, 2.45) is 0 Å². The van der Waals surface area contributed by atoms with E-state index in [1.807, 2.05) is 6.07 Å². The maximum Gasteiger partial charge on any atom is 0.416 e. The lowest BCUT2D eigenvalue weighted by atomic mass is 10.1. The van der Waals surface area contributed by atoms with Crippen LogP contribution < -0.4 is 5.32 Å². The first-order valence-corrected chi connectivity index (χ1v) is 7.22. The van der Waals surface area contributed by atoms with Gasteiger partial charge < -0.3 is 5.32 Å². The van der Waals surface area contributed by atoms with Gasteiger partial charge in [-0.3, -0.25) is 9.78 Å². The van der Waals surface area contributed by atoms with Crippen LogP contribution in [0.1, 0.15) is 11.1 Å². The van der Waals surface area contributed by atoms with Crippen molar-refractivity contribution < 1.29 is 18.0 Å². The van der Waals surface area contributed by atoms with E-state index in [-0.39, 0.29) is 12.3 Å². The van der Waals surface area contributed by atoms with Crippen molar-refractivity contribution >= 4 is 22.4 Å². The Balaban J connectivity index is 1.78. The highest BCUT2D eigenvalue weighted by Crippen LogP contribution is 2.29. The fourth-order valence-corrected chi connectivity index (χ4v) is 2.47. The third-order valence-corrected chi connectivity index (χ3v) is 3.57. The lowest BCUT2D eigenvalue weighted by Gasteiger charge is -2.10. The van der Waals surface area contributed by atoms with Crippen molar-refractivity contribution in [3.8, 4) is 0 Å². The number of carbonyl (C=O) groups excluding carboxylic acids is 1. The number of nitrogens with one attached hydrogen (secondary N) is 1. The van der Waals surface area contributed by atoms with Crippen LogP contribution in [0.5, 0.6) is 0 Å². The minimum absolute atomic E-state index is 0.134. The number of hydrogen-bond acceptors (Lipinski definition) is 2. The molecule has 0 spiro atoms. The molecule has 1 heterocycles. The predicted octanol–water partition coefficient (Wildman–Crippen LogP) is 4.43. The van der Waals surface area contributed by atoms with Crippen LogP contribution in [-0.2, 0) is 17.4 Å². The smallest absolute Gasteiger partial charge is 0.325 e. The van der Waals surface area contributed by atoms with E-state index in [2.05, 4.69) is 10.3 Å². The maximum absolute atomic E-state index is 12.7. The van der Waals surface area contributed by atoms with E-state index in [1.165, 1.54) is 12.1 Å². The number of carbonyl (C=O) groups is 1. The second-order valence-electron chi connectivity index (χ2n) is 5.33. The Kier molecular flexibility index (Phi) is 4.20. The third-order valence-electron chi connectivity index (χ3n) is 3.57. The number of hydrogen-bond donors (Lipinski definition) is 1. The number of amides is 1. The molecule has 6 heteroatoms. The molecule has 0 aliphatic heterocycles. The van der Waals surface area contributed by atoms with Crippen molar-refractivity contribution in [2.75, 3.05) is 5.32 Å². The lowest BCUT2D eigenvalue weighted by Crippen LogP contribution is -2.15. The summed E-state index contributed by atoms with van der Waals surface area (Å²) < 4.78 is 38.2. The minimum Gasteiger partial charge on any atom is -0.325 e. The molecule has 0 aliphatic rings. The van der Waals surface area contributed by atoms with Gasteiger partial charge in [-0.15, -0.1) is 0 Å². The Morgan fingerprint density at radius 2 is 1.88 bits per heavy atom. The summed E-state index contributed by atoms with van der Waals surface area (Å²) in [6.07, 6.45) is -1.26. The van der Waals surface area contributed by atoms with Crippen LogP contribution in [0.4, 0.5) is 18.9 Å². The van der Waals surface area contributed by atoms with Gasteiger partial charge in [-0.25, -0.2) is 0 Å². The minimum atomic E-state index is -4.42. The van der Waals surface area contributed by atoms with Gasteiger partial charge >= 0.3 is 6.18 Å². The van der Waals surface area contributed by atoms with Gasteiger partial charge in [0, 0.05) is 28.9 Å². The Hall–Kier alpha value is -2.89. The molecule has 122 valence electrons. The van der Waals surface area contributed by atoms with Gasteiger partial charge in [0.05, 0.1) is 12.0 Å². The van der Waals surface area contributed by atoms with E-state index < -0.39 is 11.7 Å². The molecule has 24 heavy (non-hydrogen) atoms. The molecule has 0 atom stereocenters. The molecule has 0 aliphatic carbocycles. The standard InChI is InChI=1S/C18H13F3N2O/c19-18(20,21)14-5-1-3-12(9-14)10-17(24)23-16-6-2-4-13-11-22-8-7-15(13)16/h1-9,11H,10H2,(H,23,24). The number of alkyl halides is 3. The molecular formula is C18H13F3N2O. The number of rotatable bonds is 3. The molecule has 1 amide bonds. The summed E-state index contributed by atoms with van der Waals surface area (Å²) in [5, 5.41) is 4.44. The van der Waals surface area contributed by atoms with Crippen molar-refractivity contribution in [3.05, 3.63) is 72.1 Å². The molecule has 3 nitrogen and oxygen atoms in total. The summed E-state index contributed by atoms with van der Waals surface area (Å²) in [4.78, 5) is 16.2. The van der Waals surface area contributed by atoms with Crippen LogP contribution >= 0.6 is 0 Å². The molecule has 0 radical (unpaired) electrons. The summed E-state index contributed by atoms with van der Waals surface area (Å²) >= 11 is 0. The van der Waals surface area contributed by atoms with E-state index in [4.69, 9.17) is 0 Å². The topological polar surface area (TPSA) is 42.0 Å². The average Bonchev–Trinajstić information content (AvgIpc) is 2.54. The highest BCUT2D eigenvalue weighted by Gasteiger charge is 2.30. The van der Waals surface area contributed by atoms with Crippen molar-refractivity contribution in [1.29, 1.82) is 0 Å². The first-order chi connectivity index (χ1) is 11.4. The number of benzene rings is 2. The van der Waals surface area contributed by atoms with Crippen LogP contribution in [0.25, 0.3) is 10.8 Å². The zero-order valence-electron chi connectivity index (χ0n) is 12.5. The molecule has 1 N–H and O–H groups in total. The van der Waals surface area contributed by atoms with Crippen LogP contribution in [0.3, 0.4) is 0 Å². The largest absolute Gasteiger partial charge is 0.416 e. The molecule has 3 aromatic rings. The SMILES string of the molecule is O=C(Cc1cccc(C(F)(F)F)c1)Nc1cccc2cnccc12. The van der Waals surface area contributed by atoms with Crippen LogP contribution in [0.2, 0.25) is 0 Å². The average molecular weight is 330 g/mol. The summed E-state index contributed by atoms with van der Waals surface area (Å²) in [5.41, 5.74) is 0.153. The van der Waals surface area contributed by atoms with Crippen molar-refractivity contribution in [2.45, 2.75) is 12.6 Å². The van der Waals surface area contributed by atoms with E-state index in [9.17, 15) is 18.0 Å². The molecule has 3 rings (SSSR count). The fourth-order valence-electron chi connectivity index (χ4n) is 2.47. The molecule has 0 unspecified atom stereocenters. The number of nitrogens with zero attached hydrogens (tertiary/aromatic N) is 1. The Morgan fingerprint density at radius 1 is 1.08 bits per heavy atom. The molecule has 1 aromatic heterocycles. The second kappa shape index (κ2) is 6.31. The highest BCUT2D eigenvalue weighted by molar-refractivity contribution is 6.02. The molecule has 0 saturated heterocycles. The number of fused-ring (bicyclic) bond motifs is 1. The lowest BCUT2D eigenvalue weighted by molar-refractivity contribution is -0.137. The van der Waals surface area contributed by atoms with Gasteiger partial charge in [-0.05, 0) is 23.8 Å².